The zero-order valence-corrected chi connectivity index (χ0v) is 9.61. The van der Waals surface area contributed by atoms with E-state index in [4.69, 9.17) is 15.0 Å². The van der Waals surface area contributed by atoms with Crippen LogP contribution in [0.15, 0.2) is 33.3 Å². The molecule has 0 amide bonds. The third kappa shape index (κ3) is 1.97. The summed E-state index contributed by atoms with van der Waals surface area (Å²) in [6, 6.07) is 7.30. The number of benzene rings is 1. The molecule has 2 rings (SSSR count). The van der Waals surface area contributed by atoms with Crippen molar-refractivity contribution in [3.8, 4) is 17.0 Å². The first-order chi connectivity index (χ1) is 7.20. The fraction of sp³-hybridized carbons (Fsp3) is 0.100. The molecule has 78 valence electrons. The van der Waals surface area contributed by atoms with Crippen LogP contribution in [-0.4, -0.2) is 12.3 Å². The highest BCUT2D eigenvalue weighted by Crippen LogP contribution is 2.32. The zero-order chi connectivity index (χ0) is 10.8. The van der Waals surface area contributed by atoms with Gasteiger partial charge in [0.05, 0.1) is 7.11 Å². The summed E-state index contributed by atoms with van der Waals surface area (Å²) in [7, 11) is 1.61. The molecule has 4 nitrogen and oxygen atoms in total. The van der Waals surface area contributed by atoms with Gasteiger partial charge in [-0.1, -0.05) is 21.1 Å². The predicted molar refractivity (Wildman–Crippen MR) is 60.6 cm³/mol. The molecule has 0 saturated carbocycles. The first-order valence-corrected chi connectivity index (χ1v) is 5.06. The van der Waals surface area contributed by atoms with E-state index in [-0.39, 0.29) is 5.88 Å². The van der Waals surface area contributed by atoms with Gasteiger partial charge in [0.25, 0.3) is 0 Å². The fourth-order valence-electron chi connectivity index (χ4n) is 1.30. The van der Waals surface area contributed by atoms with Gasteiger partial charge in [-0.15, -0.1) is 0 Å². The van der Waals surface area contributed by atoms with Crippen LogP contribution in [0.4, 0.5) is 5.88 Å². The number of aromatic nitrogens is 1. The third-order valence-electron chi connectivity index (χ3n) is 1.97. The highest BCUT2D eigenvalue weighted by molar-refractivity contribution is 9.10. The molecule has 1 aromatic carbocycles. The van der Waals surface area contributed by atoms with E-state index >= 15 is 0 Å². The van der Waals surface area contributed by atoms with Crippen LogP contribution in [0, 0.1) is 0 Å². The second-order valence-corrected chi connectivity index (χ2v) is 3.87. The Balaban J connectivity index is 2.55. The highest BCUT2D eigenvalue weighted by atomic mass is 79.9. The van der Waals surface area contributed by atoms with E-state index in [9.17, 15) is 0 Å². The average Bonchev–Trinajstić information content (AvgIpc) is 2.65. The number of nitrogens with two attached hydrogens (primary N) is 1. The van der Waals surface area contributed by atoms with Gasteiger partial charge in [0, 0.05) is 16.1 Å². The largest absolute Gasteiger partial charge is 0.496 e. The predicted octanol–water partition coefficient (Wildman–Crippen LogP) is 2.69. The van der Waals surface area contributed by atoms with Crippen molar-refractivity contribution < 1.29 is 9.26 Å². The van der Waals surface area contributed by atoms with E-state index < -0.39 is 0 Å². The van der Waals surface area contributed by atoms with Crippen molar-refractivity contribution in [1.29, 1.82) is 0 Å². The van der Waals surface area contributed by atoms with Crippen molar-refractivity contribution >= 4 is 21.8 Å². The molecule has 5 heteroatoms. The molecule has 2 aromatic rings. The van der Waals surface area contributed by atoms with Crippen LogP contribution < -0.4 is 10.5 Å². The minimum absolute atomic E-state index is 0.284. The number of halogens is 1. The van der Waals surface area contributed by atoms with Crippen molar-refractivity contribution in [3.05, 3.63) is 28.7 Å². The van der Waals surface area contributed by atoms with Gasteiger partial charge >= 0.3 is 0 Å². The molecule has 0 saturated heterocycles. The van der Waals surface area contributed by atoms with Crippen LogP contribution >= 0.6 is 15.9 Å². The molecule has 1 aromatic heterocycles. The maximum atomic E-state index is 5.46. The Kier molecular flexibility index (Phi) is 2.64. The number of ether oxygens (including phenoxy) is 1. The minimum Gasteiger partial charge on any atom is -0.496 e. The zero-order valence-electron chi connectivity index (χ0n) is 8.03. The highest BCUT2D eigenvalue weighted by Gasteiger charge is 2.10. The summed E-state index contributed by atoms with van der Waals surface area (Å²) in [5, 5.41) is 3.83. The van der Waals surface area contributed by atoms with Gasteiger partial charge in [-0.25, -0.2) is 0 Å². The molecule has 2 N–H and O–H groups in total. The second kappa shape index (κ2) is 3.94. The molecule has 0 fully saturated rings. The number of anilines is 1. The molecule has 0 aliphatic heterocycles. The van der Waals surface area contributed by atoms with Gasteiger partial charge in [0.15, 0.2) is 0 Å². The summed E-state index contributed by atoms with van der Waals surface area (Å²) in [6.45, 7) is 0. The van der Waals surface area contributed by atoms with Crippen LogP contribution in [0.25, 0.3) is 11.3 Å². The molecule has 0 radical (unpaired) electrons. The average molecular weight is 269 g/mol. The lowest BCUT2D eigenvalue weighted by Crippen LogP contribution is -1.87. The minimum atomic E-state index is 0.284. The van der Waals surface area contributed by atoms with Gasteiger partial charge in [-0.05, 0) is 18.2 Å². The number of hydrogen-bond donors (Lipinski definition) is 1. The molecule has 0 unspecified atom stereocenters. The van der Waals surface area contributed by atoms with Crippen molar-refractivity contribution in [2.24, 2.45) is 0 Å². The van der Waals surface area contributed by atoms with Gasteiger partial charge in [-0.3, -0.25) is 0 Å². The van der Waals surface area contributed by atoms with Crippen LogP contribution in [0.3, 0.4) is 0 Å². The summed E-state index contributed by atoms with van der Waals surface area (Å²) in [5.41, 5.74) is 6.96. The Bertz CT molecular complexity index is 482. The molecule has 0 bridgehead atoms. The lowest BCUT2D eigenvalue weighted by Gasteiger charge is -2.05. The van der Waals surface area contributed by atoms with E-state index in [2.05, 4.69) is 21.1 Å². The van der Waals surface area contributed by atoms with Crippen LogP contribution in [-0.2, 0) is 0 Å². The van der Waals surface area contributed by atoms with Crippen molar-refractivity contribution in [2.75, 3.05) is 12.8 Å². The lowest BCUT2D eigenvalue weighted by molar-refractivity contribution is 0.414. The van der Waals surface area contributed by atoms with Gasteiger partial charge in [0.1, 0.15) is 11.4 Å². The van der Waals surface area contributed by atoms with E-state index in [1.165, 1.54) is 0 Å². The van der Waals surface area contributed by atoms with E-state index in [0.717, 1.165) is 15.8 Å². The molecule has 1 heterocycles. The molecular weight excluding hydrogens is 260 g/mol. The molecule has 0 spiro atoms. The van der Waals surface area contributed by atoms with Crippen LogP contribution in [0.1, 0.15) is 0 Å². The number of methoxy groups -OCH3 is 1. The van der Waals surface area contributed by atoms with Crippen LogP contribution in [0.5, 0.6) is 5.75 Å². The summed E-state index contributed by atoms with van der Waals surface area (Å²) < 4.78 is 11.0. The van der Waals surface area contributed by atoms with Crippen LogP contribution in [0.2, 0.25) is 0 Å². The topological polar surface area (TPSA) is 61.3 Å². The first kappa shape index (κ1) is 10.0. The number of rotatable bonds is 2. The summed E-state index contributed by atoms with van der Waals surface area (Å²) in [5.74, 6) is 1.01. The molecule has 0 atom stereocenters. The summed E-state index contributed by atoms with van der Waals surface area (Å²) in [4.78, 5) is 0. The van der Waals surface area contributed by atoms with Gasteiger partial charge in [-0.2, -0.15) is 0 Å². The lowest BCUT2D eigenvalue weighted by atomic mass is 10.1. The Morgan fingerprint density at radius 2 is 2.20 bits per heavy atom. The maximum Gasteiger partial charge on any atom is 0.222 e. The van der Waals surface area contributed by atoms with Gasteiger partial charge < -0.3 is 15.0 Å². The Labute approximate surface area is 95.1 Å². The first-order valence-electron chi connectivity index (χ1n) is 4.27. The SMILES string of the molecule is COc1ccc(Br)cc1-c1cc(N)on1. The Morgan fingerprint density at radius 1 is 1.40 bits per heavy atom. The molecular formula is C10H9BrN2O2. The summed E-state index contributed by atoms with van der Waals surface area (Å²) in [6.07, 6.45) is 0. The third-order valence-corrected chi connectivity index (χ3v) is 2.46. The molecule has 0 aliphatic rings. The molecule has 15 heavy (non-hydrogen) atoms. The van der Waals surface area contributed by atoms with Crippen molar-refractivity contribution in [1.82, 2.24) is 5.16 Å². The summed E-state index contributed by atoms with van der Waals surface area (Å²) >= 11 is 3.38. The van der Waals surface area contributed by atoms with Crippen molar-refractivity contribution in [3.63, 3.8) is 0 Å². The quantitative estimate of drug-likeness (QED) is 0.910. The second-order valence-electron chi connectivity index (χ2n) is 2.96. The Hall–Kier alpha value is -1.49. The Morgan fingerprint density at radius 3 is 2.80 bits per heavy atom. The smallest absolute Gasteiger partial charge is 0.222 e. The molecule has 0 aliphatic carbocycles. The van der Waals surface area contributed by atoms with E-state index in [1.54, 1.807) is 13.2 Å². The number of nitrogens with zero attached hydrogens (tertiary/aromatic N) is 1. The number of nitrogen functional groups attached to an aromatic ring is 1. The van der Waals surface area contributed by atoms with Crippen molar-refractivity contribution in [2.45, 2.75) is 0 Å². The normalized spacial score (nSPS) is 10.3. The maximum absolute atomic E-state index is 5.46. The van der Waals surface area contributed by atoms with Gasteiger partial charge in [0.2, 0.25) is 5.88 Å². The van der Waals surface area contributed by atoms with E-state index in [1.807, 2.05) is 18.2 Å². The van der Waals surface area contributed by atoms with E-state index in [0.29, 0.717) is 5.69 Å². The standard InChI is InChI=1S/C10H9BrN2O2/c1-14-9-3-2-6(11)4-7(9)8-5-10(12)15-13-8/h2-5H,12H2,1H3. The number of hydrogen-bond acceptors (Lipinski definition) is 4. The monoisotopic (exact) mass is 268 g/mol. The fourth-order valence-corrected chi connectivity index (χ4v) is 1.66.